The third-order valence-electron chi connectivity index (χ3n) is 4.42. The normalized spacial score (nSPS) is 21.7. The Morgan fingerprint density at radius 3 is 2.12 bits per heavy atom. The third kappa shape index (κ3) is 6.45. The second kappa shape index (κ2) is 8.13. The average molecular weight is 239 g/mol. The van der Waals surface area contributed by atoms with Gasteiger partial charge in [-0.3, -0.25) is 0 Å². The van der Waals surface area contributed by atoms with Crippen molar-refractivity contribution < 1.29 is 0 Å². The first kappa shape index (κ1) is 15.0. The van der Waals surface area contributed by atoms with Gasteiger partial charge in [-0.25, -0.2) is 0 Å². The van der Waals surface area contributed by atoms with E-state index >= 15 is 0 Å². The zero-order valence-electron chi connectivity index (χ0n) is 12.5. The Morgan fingerprint density at radius 1 is 0.882 bits per heavy atom. The number of nitrogens with one attached hydrogen (secondary N) is 1. The summed E-state index contributed by atoms with van der Waals surface area (Å²) < 4.78 is 0. The number of rotatable bonds is 7. The van der Waals surface area contributed by atoms with Crippen LogP contribution in [-0.4, -0.2) is 13.1 Å². The van der Waals surface area contributed by atoms with E-state index in [1.165, 1.54) is 51.6 Å². The van der Waals surface area contributed by atoms with E-state index in [0.29, 0.717) is 0 Å². The Hall–Kier alpha value is -0.0400. The van der Waals surface area contributed by atoms with Gasteiger partial charge in [-0.05, 0) is 43.2 Å². The summed E-state index contributed by atoms with van der Waals surface area (Å²) in [4.78, 5) is 0. The molecule has 1 saturated carbocycles. The molecule has 0 saturated heterocycles. The molecule has 17 heavy (non-hydrogen) atoms. The van der Waals surface area contributed by atoms with Crippen molar-refractivity contribution in [2.75, 3.05) is 13.1 Å². The van der Waals surface area contributed by atoms with Crippen molar-refractivity contribution in [2.24, 2.45) is 23.7 Å². The first-order valence-electron chi connectivity index (χ1n) is 7.80. The van der Waals surface area contributed by atoms with Gasteiger partial charge in [0.05, 0.1) is 0 Å². The largest absolute Gasteiger partial charge is 0.316 e. The lowest BCUT2D eigenvalue weighted by Gasteiger charge is -2.28. The second-order valence-corrected chi connectivity index (χ2v) is 6.75. The van der Waals surface area contributed by atoms with Gasteiger partial charge in [0.15, 0.2) is 0 Å². The highest BCUT2D eigenvalue weighted by Crippen LogP contribution is 2.31. The van der Waals surface area contributed by atoms with Crippen LogP contribution in [0.4, 0.5) is 0 Å². The highest BCUT2D eigenvalue weighted by atomic mass is 14.9. The van der Waals surface area contributed by atoms with Crippen LogP contribution in [-0.2, 0) is 0 Å². The van der Waals surface area contributed by atoms with E-state index in [-0.39, 0.29) is 0 Å². The molecule has 1 aliphatic carbocycles. The summed E-state index contributed by atoms with van der Waals surface area (Å²) in [7, 11) is 0. The molecule has 0 bridgehead atoms. The first-order chi connectivity index (χ1) is 8.09. The Bertz CT molecular complexity index is 182. The molecule has 102 valence electrons. The van der Waals surface area contributed by atoms with Crippen molar-refractivity contribution >= 4 is 0 Å². The van der Waals surface area contributed by atoms with Gasteiger partial charge < -0.3 is 5.32 Å². The van der Waals surface area contributed by atoms with Crippen LogP contribution in [0, 0.1) is 23.7 Å². The van der Waals surface area contributed by atoms with E-state index < -0.39 is 0 Å². The average Bonchev–Trinajstić information content (AvgIpc) is 2.29. The van der Waals surface area contributed by atoms with Crippen LogP contribution in [0.3, 0.4) is 0 Å². The Balaban J connectivity index is 2.14. The van der Waals surface area contributed by atoms with Gasteiger partial charge in [0.2, 0.25) is 0 Å². The molecule has 0 amide bonds. The Kier molecular flexibility index (Phi) is 7.18. The maximum atomic E-state index is 3.60. The van der Waals surface area contributed by atoms with E-state index in [4.69, 9.17) is 0 Å². The molecule has 1 fully saturated rings. The zero-order chi connectivity index (χ0) is 12.7. The molecule has 0 aromatic carbocycles. The molecule has 0 spiro atoms. The highest BCUT2D eigenvalue weighted by Gasteiger charge is 2.19. The van der Waals surface area contributed by atoms with Crippen LogP contribution in [0.25, 0.3) is 0 Å². The quantitative estimate of drug-likeness (QED) is 0.691. The summed E-state index contributed by atoms with van der Waals surface area (Å²) >= 11 is 0. The summed E-state index contributed by atoms with van der Waals surface area (Å²) in [6.07, 6.45) is 8.91. The van der Waals surface area contributed by atoms with Crippen LogP contribution in [0.1, 0.15) is 66.2 Å². The molecule has 1 rings (SSSR count). The fraction of sp³-hybridized carbons (Fsp3) is 1.00. The number of hydrogen-bond acceptors (Lipinski definition) is 1. The van der Waals surface area contributed by atoms with Crippen LogP contribution in [0.5, 0.6) is 0 Å². The smallest absolute Gasteiger partial charge is 0.00205 e. The molecular formula is C16H33N. The molecule has 1 aliphatic rings. The van der Waals surface area contributed by atoms with Gasteiger partial charge in [-0.2, -0.15) is 0 Å². The minimum absolute atomic E-state index is 0.774. The molecular weight excluding hydrogens is 206 g/mol. The zero-order valence-corrected chi connectivity index (χ0v) is 12.5. The molecule has 0 aliphatic heterocycles. The van der Waals surface area contributed by atoms with Gasteiger partial charge in [0.1, 0.15) is 0 Å². The van der Waals surface area contributed by atoms with E-state index in [1.54, 1.807) is 0 Å². The lowest BCUT2D eigenvalue weighted by molar-refractivity contribution is 0.247. The molecule has 1 nitrogen and oxygen atoms in total. The summed E-state index contributed by atoms with van der Waals surface area (Å²) in [5.74, 6) is 3.52. The van der Waals surface area contributed by atoms with Crippen LogP contribution in [0.15, 0.2) is 0 Å². The van der Waals surface area contributed by atoms with Crippen molar-refractivity contribution in [1.82, 2.24) is 5.32 Å². The third-order valence-corrected chi connectivity index (χ3v) is 4.42. The summed E-state index contributed by atoms with van der Waals surface area (Å²) in [5, 5.41) is 3.60. The molecule has 0 radical (unpaired) electrons. The molecule has 0 aromatic rings. The maximum absolute atomic E-state index is 3.60. The van der Waals surface area contributed by atoms with Crippen molar-refractivity contribution in [3.63, 3.8) is 0 Å². The lowest BCUT2D eigenvalue weighted by Crippen LogP contribution is -2.29. The van der Waals surface area contributed by atoms with Crippen molar-refractivity contribution in [2.45, 2.75) is 66.2 Å². The minimum atomic E-state index is 0.774. The molecule has 0 heterocycles. The predicted molar refractivity (Wildman–Crippen MR) is 77.2 cm³/mol. The maximum Gasteiger partial charge on any atom is -0.00205 e. The molecule has 2 unspecified atom stereocenters. The monoisotopic (exact) mass is 239 g/mol. The SMILES string of the molecule is CC(C)CNCC(C)C(C)CC1CCCCC1. The lowest BCUT2D eigenvalue weighted by atomic mass is 9.79. The second-order valence-electron chi connectivity index (χ2n) is 6.75. The van der Waals surface area contributed by atoms with E-state index in [0.717, 1.165) is 23.7 Å². The van der Waals surface area contributed by atoms with E-state index in [2.05, 4.69) is 33.0 Å². The molecule has 1 heteroatoms. The first-order valence-corrected chi connectivity index (χ1v) is 7.80. The van der Waals surface area contributed by atoms with Gasteiger partial charge in [0.25, 0.3) is 0 Å². The van der Waals surface area contributed by atoms with E-state index in [1.807, 2.05) is 0 Å². The van der Waals surface area contributed by atoms with Gasteiger partial charge in [0, 0.05) is 0 Å². The summed E-state index contributed by atoms with van der Waals surface area (Å²) in [6.45, 7) is 11.8. The Morgan fingerprint density at radius 2 is 1.53 bits per heavy atom. The van der Waals surface area contributed by atoms with Crippen LogP contribution < -0.4 is 5.32 Å². The minimum Gasteiger partial charge on any atom is -0.316 e. The summed E-state index contributed by atoms with van der Waals surface area (Å²) in [6, 6.07) is 0. The standard InChI is InChI=1S/C16H33N/c1-13(2)11-17-12-15(4)14(3)10-16-8-6-5-7-9-16/h13-17H,5-12H2,1-4H3. The van der Waals surface area contributed by atoms with Crippen LogP contribution in [0.2, 0.25) is 0 Å². The fourth-order valence-corrected chi connectivity index (χ4v) is 2.98. The molecule has 0 aromatic heterocycles. The number of hydrogen-bond donors (Lipinski definition) is 1. The highest BCUT2D eigenvalue weighted by molar-refractivity contribution is 4.72. The molecule has 2 atom stereocenters. The van der Waals surface area contributed by atoms with Crippen LogP contribution >= 0.6 is 0 Å². The summed E-state index contributed by atoms with van der Waals surface area (Å²) in [5.41, 5.74) is 0. The van der Waals surface area contributed by atoms with Crippen molar-refractivity contribution in [1.29, 1.82) is 0 Å². The van der Waals surface area contributed by atoms with Gasteiger partial charge in [-0.1, -0.05) is 59.8 Å². The fourth-order valence-electron chi connectivity index (χ4n) is 2.98. The van der Waals surface area contributed by atoms with Gasteiger partial charge >= 0.3 is 0 Å². The van der Waals surface area contributed by atoms with Gasteiger partial charge in [-0.15, -0.1) is 0 Å². The van der Waals surface area contributed by atoms with E-state index in [9.17, 15) is 0 Å². The topological polar surface area (TPSA) is 12.0 Å². The van der Waals surface area contributed by atoms with Crippen molar-refractivity contribution in [3.8, 4) is 0 Å². The predicted octanol–water partition coefficient (Wildman–Crippen LogP) is 4.47. The molecule has 1 N–H and O–H groups in total. The van der Waals surface area contributed by atoms with Crippen molar-refractivity contribution in [3.05, 3.63) is 0 Å². The Labute approximate surface area is 109 Å².